The lowest BCUT2D eigenvalue weighted by atomic mass is 9.79. The molecule has 184 valence electrons. The zero-order chi connectivity index (χ0) is 25.5. The zero-order valence-corrected chi connectivity index (χ0v) is 20.2. The second-order valence-corrected chi connectivity index (χ2v) is 9.58. The molecule has 10 nitrogen and oxygen atoms in total. The van der Waals surface area contributed by atoms with Crippen LogP contribution < -0.4 is 21.7 Å². The quantitative estimate of drug-likeness (QED) is 0.464. The second kappa shape index (κ2) is 9.01. The van der Waals surface area contributed by atoms with E-state index in [-0.39, 0.29) is 24.4 Å². The van der Waals surface area contributed by atoms with Crippen molar-refractivity contribution in [3.05, 3.63) is 58.8 Å². The maximum absolute atomic E-state index is 13.4. The number of nitrogens with zero attached hydrogens (tertiary/aromatic N) is 2. The summed E-state index contributed by atoms with van der Waals surface area (Å²) in [6.45, 7) is 7.87. The van der Waals surface area contributed by atoms with Gasteiger partial charge in [0.25, 0.3) is 11.8 Å². The average molecular weight is 479 g/mol. The molecule has 5 amide bonds. The number of pyridine rings is 1. The van der Waals surface area contributed by atoms with Crippen LogP contribution in [0, 0.1) is 19.8 Å². The summed E-state index contributed by atoms with van der Waals surface area (Å²) in [5.74, 6) is -0.857. The lowest BCUT2D eigenvalue weighted by Crippen LogP contribution is -2.48. The van der Waals surface area contributed by atoms with Crippen molar-refractivity contribution in [1.29, 1.82) is 0 Å². The maximum atomic E-state index is 13.4. The smallest absolute Gasteiger partial charge is 0.322 e. The summed E-state index contributed by atoms with van der Waals surface area (Å²) in [6.07, 6.45) is 2.13. The predicted octanol–water partition coefficient (Wildman–Crippen LogP) is 1.57. The Labute approximate surface area is 203 Å². The first-order chi connectivity index (χ1) is 16.5. The Hall–Kier alpha value is -3.95. The van der Waals surface area contributed by atoms with E-state index in [0.29, 0.717) is 23.4 Å². The molecule has 2 saturated heterocycles. The average Bonchev–Trinajstić information content (AvgIpc) is 3.36. The van der Waals surface area contributed by atoms with Gasteiger partial charge in [0.2, 0.25) is 5.91 Å². The molecule has 4 rings (SSSR count). The lowest BCUT2D eigenvalue weighted by molar-refractivity contribution is -0.126. The third-order valence-electron chi connectivity index (χ3n) is 6.80. The van der Waals surface area contributed by atoms with Crippen LogP contribution in [0.1, 0.15) is 47.3 Å². The number of amides is 5. The van der Waals surface area contributed by atoms with Crippen LogP contribution in [-0.4, -0.2) is 52.3 Å². The van der Waals surface area contributed by atoms with Gasteiger partial charge in [-0.25, -0.2) is 9.78 Å². The van der Waals surface area contributed by atoms with Crippen LogP contribution in [0.3, 0.4) is 0 Å². The fourth-order valence-electron chi connectivity index (χ4n) is 4.95. The van der Waals surface area contributed by atoms with E-state index in [1.54, 1.807) is 30.5 Å². The number of primary amides is 1. The summed E-state index contributed by atoms with van der Waals surface area (Å²) in [7, 11) is 0. The normalized spacial score (nSPS) is 23.9. The number of carbonyl (C=O) groups is 4. The van der Waals surface area contributed by atoms with Crippen molar-refractivity contribution in [3.63, 3.8) is 0 Å². The number of nitrogens with one attached hydrogen (secondary N) is 3. The van der Waals surface area contributed by atoms with Gasteiger partial charge in [-0.15, -0.1) is 0 Å². The fourth-order valence-corrected chi connectivity index (χ4v) is 4.95. The topological polar surface area (TPSA) is 147 Å². The number of aryl methyl sites for hydroxylation is 2. The predicted molar refractivity (Wildman–Crippen MR) is 129 cm³/mol. The lowest BCUT2D eigenvalue weighted by Gasteiger charge is -2.31. The summed E-state index contributed by atoms with van der Waals surface area (Å²) in [5.41, 5.74) is 7.37. The molecule has 0 bridgehead atoms. The van der Waals surface area contributed by atoms with Gasteiger partial charge in [0, 0.05) is 24.3 Å². The fraction of sp³-hybridized carbons (Fsp3) is 0.400. The summed E-state index contributed by atoms with van der Waals surface area (Å²) in [5, 5.41) is 8.35. The number of benzene rings is 1. The number of anilines is 1. The highest BCUT2D eigenvalue weighted by molar-refractivity contribution is 6.07. The summed E-state index contributed by atoms with van der Waals surface area (Å²) in [4.78, 5) is 55.9. The summed E-state index contributed by atoms with van der Waals surface area (Å²) in [6, 6.07) is 7.03. The van der Waals surface area contributed by atoms with Crippen molar-refractivity contribution >= 4 is 29.6 Å². The van der Waals surface area contributed by atoms with Gasteiger partial charge in [0.1, 0.15) is 17.4 Å². The number of carbonyl (C=O) groups excluding carboxylic acids is 4. The molecule has 1 unspecified atom stereocenters. The number of urea groups is 1. The number of rotatable bonds is 6. The van der Waals surface area contributed by atoms with E-state index < -0.39 is 29.4 Å². The Kier molecular flexibility index (Phi) is 6.23. The van der Waals surface area contributed by atoms with Gasteiger partial charge in [0.15, 0.2) is 0 Å². The molecule has 2 aliphatic rings. The molecule has 5 N–H and O–H groups in total. The van der Waals surface area contributed by atoms with Crippen LogP contribution in [0.5, 0.6) is 0 Å². The molecule has 0 spiro atoms. The molecule has 0 radical (unpaired) electrons. The minimum absolute atomic E-state index is 0.189. The Morgan fingerprint density at radius 3 is 2.43 bits per heavy atom. The number of likely N-dealkylation sites (tertiary alicyclic amines) is 1. The van der Waals surface area contributed by atoms with E-state index in [2.05, 4.69) is 20.9 Å². The number of imide groups is 1. The van der Waals surface area contributed by atoms with Gasteiger partial charge in [-0.05, 0) is 55.0 Å². The van der Waals surface area contributed by atoms with Gasteiger partial charge in [-0.1, -0.05) is 32.0 Å². The SMILES string of the molecule is Cc1cnc(N[C@H]2C[C@@H](C(N)=O)N(C(=O)c3ccc(C4(C(C)C)NC(=O)NC4=O)cc3)C2)c(C)c1. The van der Waals surface area contributed by atoms with E-state index in [0.717, 1.165) is 11.1 Å². The van der Waals surface area contributed by atoms with Crippen molar-refractivity contribution in [2.24, 2.45) is 11.7 Å². The Morgan fingerprint density at radius 1 is 1.20 bits per heavy atom. The van der Waals surface area contributed by atoms with Crippen LogP contribution >= 0.6 is 0 Å². The standard InChI is InChI=1S/C25H30N6O4/c1-13(2)25(23(34)29-24(35)30-25)17-7-5-16(6-8-17)22(33)31-12-18(10-19(31)20(26)32)28-21-15(4)9-14(3)11-27-21/h5-9,11,13,18-19H,10,12H2,1-4H3,(H2,26,32)(H,27,28)(H2,29,30,34,35)/t18-,19-,25?/m0/s1. The number of nitrogens with two attached hydrogens (primary N) is 1. The molecule has 35 heavy (non-hydrogen) atoms. The summed E-state index contributed by atoms with van der Waals surface area (Å²) < 4.78 is 0. The first-order valence-electron chi connectivity index (χ1n) is 11.6. The third-order valence-corrected chi connectivity index (χ3v) is 6.80. The van der Waals surface area contributed by atoms with Gasteiger partial charge >= 0.3 is 6.03 Å². The number of hydrogen-bond acceptors (Lipinski definition) is 6. The number of aromatic nitrogens is 1. The van der Waals surface area contributed by atoms with E-state index in [1.165, 1.54) is 4.90 Å². The van der Waals surface area contributed by atoms with Crippen molar-refractivity contribution in [1.82, 2.24) is 20.5 Å². The molecule has 1 aromatic heterocycles. The molecular weight excluding hydrogens is 448 g/mol. The highest BCUT2D eigenvalue weighted by Crippen LogP contribution is 2.33. The molecule has 0 saturated carbocycles. The first kappa shape index (κ1) is 24.2. The molecule has 3 atom stereocenters. The maximum Gasteiger partial charge on any atom is 0.322 e. The van der Waals surface area contributed by atoms with Gasteiger partial charge < -0.3 is 21.3 Å². The van der Waals surface area contributed by atoms with Gasteiger partial charge in [0.05, 0.1) is 0 Å². The van der Waals surface area contributed by atoms with Crippen LogP contribution in [0.15, 0.2) is 36.5 Å². The van der Waals surface area contributed by atoms with E-state index in [1.807, 2.05) is 33.8 Å². The molecule has 2 aromatic rings. The van der Waals surface area contributed by atoms with Crippen LogP contribution in [-0.2, 0) is 15.1 Å². The highest BCUT2D eigenvalue weighted by atomic mass is 16.2. The molecule has 2 aliphatic heterocycles. The van der Waals surface area contributed by atoms with Gasteiger partial charge in [-0.2, -0.15) is 0 Å². The largest absolute Gasteiger partial charge is 0.368 e. The molecule has 3 heterocycles. The van der Waals surface area contributed by atoms with Crippen molar-refractivity contribution in [2.45, 2.75) is 51.7 Å². The molecule has 10 heteroatoms. The Morgan fingerprint density at radius 2 is 1.89 bits per heavy atom. The van der Waals surface area contributed by atoms with Crippen LogP contribution in [0.2, 0.25) is 0 Å². The number of hydrogen-bond donors (Lipinski definition) is 4. The third kappa shape index (κ3) is 4.31. The molecule has 1 aromatic carbocycles. The van der Waals surface area contributed by atoms with Crippen molar-refractivity contribution < 1.29 is 19.2 Å². The first-order valence-corrected chi connectivity index (χ1v) is 11.6. The van der Waals surface area contributed by atoms with Crippen LogP contribution in [0.25, 0.3) is 0 Å². The van der Waals surface area contributed by atoms with Gasteiger partial charge in [-0.3, -0.25) is 19.7 Å². The van der Waals surface area contributed by atoms with E-state index in [4.69, 9.17) is 5.73 Å². The second-order valence-electron chi connectivity index (χ2n) is 9.58. The Balaban J connectivity index is 1.55. The van der Waals surface area contributed by atoms with E-state index >= 15 is 0 Å². The van der Waals surface area contributed by atoms with Crippen LogP contribution in [0.4, 0.5) is 10.6 Å². The monoisotopic (exact) mass is 478 g/mol. The highest BCUT2D eigenvalue weighted by Gasteiger charge is 2.50. The summed E-state index contributed by atoms with van der Waals surface area (Å²) >= 11 is 0. The zero-order valence-electron chi connectivity index (χ0n) is 20.2. The minimum Gasteiger partial charge on any atom is -0.368 e. The molecule has 0 aliphatic carbocycles. The van der Waals surface area contributed by atoms with E-state index in [9.17, 15) is 19.2 Å². The molecule has 2 fully saturated rings. The Bertz CT molecular complexity index is 1190. The van der Waals surface area contributed by atoms with Crippen molar-refractivity contribution in [3.8, 4) is 0 Å². The van der Waals surface area contributed by atoms with Crippen molar-refractivity contribution in [2.75, 3.05) is 11.9 Å². The molecular formula is C25H30N6O4. The minimum atomic E-state index is -1.21.